The molecule has 1 saturated heterocycles. The molecule has 2 aromatic carbocycles. The first-order valence-corrected chi connectivity index (χ1v) is 12.4. The molecule has 0 aromatic heterocycles. The second-order valence-corrected chi connectivity index (χ2v) is 10.8. The number of hydrogen-bond donors (Lipinski definition) is 1. The van der Waals surface area contributed by atoms with Gasteiger partial charge in [0.05, 0.1) is 29.2 Å². The molecule has 1 aliphatic rings. The van der Waals surface area contributed by atoms with Gasteiger partial charge in [-0.25, -0.2) is 8.42 Å². The Morgan fingerprint density at radius 3 is 2.55 bits per heavy atom. The van der Waals surface area contributed by atoms with Crippen LogP contribution in [0.1, 0.15) is 31.1 Å². The fraction of sp³-hybridized carbons (Fsp3) is 0.435. The minimum atomic E-state index is -3.23. The van der Waals surface area contributed by atoms with Crippen LogP contribution in [-0.4, -0.2) is 50.4 Å². The summed E-state index contributed by atoms with van der Waals surface area (Å²) >= 11 is 6.09. The molecule has 1 N–H and O–H groups in total. The third kappa shape index (κ3) is 5.78. The molecular formula is C23H27ClN2O4S. The van der Waals surface area contributed by atoms with Gasteiger partial charge in [-0.2, -0.15) is 5.26 Å². The topological polar surface area (TPSA) is 90.6 Å². The molecule has 0 bridgehead atoms. The Labute approximate surface area is 188 Å². The van der Waals surface area contributed by atoms with Gasteiger partial charge in [-0.1, -0.05) is 18.5 Å². The van der Waals surface area contributed by atoms with Gasteiger partial charge in [0, 0.05) is 36.3 Å². The van der Waals surface area contributed by atoms with E-state index in [2.05, 4.69) is 17.9 Å². The standard InChI is InChI=1S/C23H27ClN2O4S/c1-15-12-26(16(2)23(27)18-8-17(11-25)9-20(24)10-18)13-19(15)14-30-21-4-6-22(7-5-21)31(3,28)29/h4-10,15-16,19,23,27H,12-14H2,1-3H3/t15-,16+,19+,23-/m1/s1. The van der Waals surface area contributed by atoms with E-state index in [0.29, 0.717) is 34.4 Å². The van der Waals surface area contributed by atoms with Crippen molar-refractivity contribution in [1.29, 1.82) is 5.26 Å². The molecule has 1 heterocycles. The summed E-state index contributed by atoms with van der Waals surface area (Å²) < 4.78 is 29.1. The number of halogens is 1. The first-order valence-electron chi connectivity index (χ1n) is 10.1. The molecule has 0 aliphatic carbocycles. The van der Waals surface area contributed by atoms with Crippen LogP contribution in [0.25, 0.3) is 0 Å². The van der Waals surface area contributed by atoms with E-state index in [-0.39, 0.29) is 16.9 Å². The van der Waals surface area contributed by atoms with E-state index in [1.54, 1.807) is 42.5 Å². The molecule has 0 saturated carbocycles. The highest BCUT2D eigenvalue weighted by atomic mass is 35.5. The SMILES string of the molecule is C[C@@H]1CN([C@@H](C)[C@@H](O)c2cc(Cl)cc(C#N)c2)C[C@H]1COc1ccc(S(C)(=O)=O)cc1. The lowest BCUT2D eigenvalue weighted by Gasteiger charge is -2.29. The average molecular weight is 463 g/mol. The van der Waals surface area contributed by atoms with Gasteiger partial charge in [-0.05, 0) is 60.9 Å². The van der Waals surface area contributed by atoms with Crippen LogP contribution < -0.4 is 4.74 Å². The van der Waals surface area contributed by atoms with Crippen molar-refractivity contribution in [1.82, 2.24) is 4.90 Å². The van der Waals surface area contributed by atoms with Gasteiger partial charge < -0.3 is 9.84 Å². The summed E-state index contributed by atoms with van der Waals surface area (Å²) in [5, 5.41) is 20.5. The van der Waals surface area contributed by atoms with Crippen molar-refractivity contribution in [3.8, 4) is 11.8 Å². The highest BCUT2D eigenvalue weighted by Gasteiger charge is 2.35. The molecule has 1 aliphatic heterocycles. The monoisotopic (exact) mass is 462 g/mol. The summed E-state index contributed by atoms with van der Waals surface area (Å²) in [6.07, 6.45) is 0.416. The van der Waals surface area contributed by atoms with Crippen LogP contribution in [-0.2, 0) is 9.84 Å². The zero-order valence-corrected chi connectivity index (χ0v) is 19.4. The molecule has 2 aromatic rings. The van der Waals surface area contributed by atoms with E-state index in [4.69, 9.17) is 21.6 Å². The van der Waals surface area contributed by atoms with E-state index >= 15 is 0 Å². The van der Waals surface area contributed by atoms with Gasteiger partial charge in [-0.3, -0.25) is 4.90 Å². The first-order chi connectivity index (χ1) is 14.6. The molecule has 8 heteroatoms. The molecule has 166 valence electrons. The number of sulfone groups is 1. The smallest absolute Gasteiger partial charge is 0.175 e. The second-order valence-electron chi connectivity index (χ2n) is 8.32. The fourth-order valence-electron chi connectivity index (χ4n) is 3.94. The summed E-state index contributed by atoms with van der Waals surface area (Å²) in [6.45, 7) is 6.23. The molecule has 0 amide bonds. The van der Waals surface area contributed by atoms with Gasteiger partial charge in [0.2, 0.25) is 0 Å². The second kappa shape index (κ2) is 9.58. The van der Waals surface area contributed by atoms with Gasteiger partial charge in [0.1, 0.15) is 5.75 Å². The van der Waals surface area contributed by atoms with Crippen LogP contribution in [0.4, 0.5) is 0 Å². The maximum absolute atomic E-state index is 11.6. The Kier molecular flexibility index (Phi) is 7.28. The van der Waals surface area contributed by atoms with Crippen LogP contribution in [0, 0.1) is 23.2 Å². The number of rotatable bonds is 7. The van der Waals surface area contributed by atoms with Crippen molar-refractivity contribution in [2.24, 2.45) is 11.8 Å². The number of aliphatic hydroxyl groups excluding tert-OH is 1. The highest BCUT2D eigenvalue weighted by molar-refractivity contribution is 7.90. The van der Waals surface area contributed by atoms with Gasteiger partial charge in [0.15, 0.2) is 9.84 Å². The molecule has 4 atom stereocenters. The van der Waals surface area contributed by atoms with Gasteiger partial charge >= 0.3 is 0 Å². The Morgan fingerprint density at radius 1 is 1.26 bits per heavy atom. The van der Waals surface area contributed by atoms with Crippen LogP contribution in [0.2, 0.25) is 5.02 Å². The maximum Gasteiger partial charge on any atom is 0.175 e. The quantitative estimate of drug-likeness (QED) is 0.674. The van der Waals surface area contributed by atoms with Gasteiger partial charge in [0.25, 0.3) is 0 Å². The number of ether oxygens (including phenoxy) is 1. The van der Waals surface area contributed by atoms with E-state index in [9.17, 15) is 13.5 Å². The minimum absolute atomic E-state index is 0.147. The number of benzene rings is 2. The van der Waals surface area contributed by atoms with E-state index in [1.165, 1.54) is 6.26 Å². The molecule has 3 rings (SSSR count). The summed E-state index contributed by atoms with van der Waals surface area (Å²) in [7, 11) is -3.23. The lowest BCUT2D eigenvalue weighted by atomic mass is 9.99. The van der Waals surface area contributed by atoms with Crippen molar-refractivity contribution in [3.05, 3.63) is 58.6 Å². The van der Waals surface area contributed by atoms with E-state index in [0.717, 1.165) is 13.1 Å². The van der Waals surface area contributed by atoms with Gasteiger partial charge in [-0.15, -0.1) is 0 Å². The van der Waals surface area contributed by atoms with Crippen LogP contribution >= 0.6 is 11.6 Å². The van der Waals surface area contributed by atoms with Crippen LogP contribution in [0.15, 0.2) is 47.4 Å². The Hall–Kier alpha value is -2.11. The van der Waals surface area contributed by atoms with Crippen molar-refractivity contribution in [2.75, 3.05) is 26.0 Å². The number of nitrogens with zero attached hydrogens (tertiary/aromatic N) is 2. The predicted octanol–water partition coefficient (Wildman–Crippen LogP) is 3.68. The third-order valence-corrected chi connectivity index (χ3v) is 7.28. The molecule has 0 unspecified atom stereocenters. The molecular weight excluding hydrogens is 436 g/mol. The summed E-state index contributed by atoms with van der Waals surface area (Å²) in [5.41, 5.74) is 1.06. The zero-order chi connectivity index (χ0) is 22.8. The average Bonchev–Trinajstić information content (AvgIpc) is 3.10. The molecule has 6 nitrogen and oxygen atoms in total. The third-order valence-electron chi connectivity index (χ3n) is 5.94. The Morgan fingerprint density at radius 2 is 1.94 bits per heavy atom. The minimum Gasteiger partial charge on any atom is -0.493 e. The fourth-order valence-corrected chi connectivity index (χ4v) is 4.81. The zero-order valence-electron chi connectivity index (χ0n) is 17.8. The molecule has 31 heavy (non-hydrogen) atoms. The van der Waals surface area contributed by atoms with Crippen molar-refractivity contribution < 1.29 is 18.3 Å². The number of likely N-dealkylation sites (tertiary alicyclic amines) is 1. The summed E-state index contributed by atoms with van der Waals surface area (Å²) in [5.74, 6) is 1.28. The summed E-state index contributed by atoms with van der Waals surface area (Å²) in [4.78, 5) is 2.49. The van der Waals surface area contributed by atoms with Crippen LogP contribution in [0.3, 0.4) is 0 Å². The number of hydrogen-bond acceptors (Lipinski definition) is 6. The van der Waals surface area contributed by atoms with E-state index in [1.807, 2.05) is 6.92 Å². The van der Waals surface area contributed by atoms with Crippen molar-refractivity contribution >= 4 is 21.4 Å². The lowest BCUT2D eigenvalue weighted by Crippen LogP contribution is -2.36. The largest absolute Gasteiger partial charge is 0.493 e. The highest BCUT2D eigenvalue weighted by Crippen LogP contribution is 2.31. The Balaban J connectivity index is 1.61. The van der Waals surface area contributed by atoms with Crippen molar-refractivity contribution in [2.45, 2.75) is 30.9 Å². The molecule has 0 spiro atoms. The maximum atomic E-state index is 11.6. The first kappa shape index (κ1) is 23.6. The van der Waals surface area contributed by atoms with Crippen LogP contribution in [0.5, 0.6) is 5.75 Å². The van der Waals surface area contributed by atoms with Crippen molar-refractivity contribution in [3.63, 3.8) is 0 Å². The van der Waals surface area contributed by atoms with E-state index < -0.39 is 15.9 Å². The Bertz CT molecular complexity index is 1070. The normalized spacial score (nSPS) is 21.4. The summed E-state index contributed by atoms with van der Waals surface area (Å²) in [6, 6.07) is 13.3. The lowest BCUT2D eigenvalue weighted by molar-refractivity contribution is 0.0672. The molecule has 1 fully saturated rings. The number of nitriles is 1. The molecule has 0 radical (unpaired) electrons. The number of aliphatic hydroxyl groups is 1. The predicted molar refractivity (Wildman–Crippen MR) is 120 cm³/mol.